The van der Waals surface area contributed by atoms with E-state index in [1.807, 2.05) is 0 Å². The molecule has 0 saturated heterocycles. The number of nitrogens with two attached hydrogens (primary N) is 1. The minimum atomic E-state index is -4.39. The average molecular weight is 1210 g/mol. The van der Waals surface area contributed by atoms with Crippen molar-refractivity contribution >= 4 is 19.8 Å². The zero-order chi connectivity index (χ0) is 61.6. The number of phosphoric ester groups is 1. The number of hydrogen-bond acceptors (Lipinski definition) is 8. The van der Waals surface area contributed by atoms with Gasteiger partial charge in [-0.2, -0.15) is 0 Å². The molecule has 0 saturated carbocycles. The van der Waals surface area contributed by atoms with Gasteiger partial charge in [0.1, 0.15) is 6.61 Å². The molecule has 0 aliphatic heterocycles. The fourth-order valence-electron chi connectivity index (χ4n) is 10.5. The van der Waals surface area contributed by atoms with E-state index in [9.17, 15) is 19.0 Å². The maximum atomic E-state index is 12.8. The summed E-state index contributed by atoms with van der Waals surface area (Å²) in [6.07, 6.45) is 94.0. The Morgan fingerprint density at radius 3 is 0.965 bits per heavy atom. The number of ether oxygens (including phenoxy) is 2. The highest BCUT2D eigenvalue weighted by atomic mass is 31.2. The minimum absolute atomic E-state index is 0.0533. The zero-order valence-electron chi connectivity index (χ0n) is 55.6. The Bertz CT molecular complexity index is 1670. The molecule has 0 aromatic rings. The number of carbonyl (C=O) groups excluding carboxylic acids is 2. The van der Waals surface area contributed by atoms with Gasteiger partial charge >= 0.3 is 19.8 Å². The van der Waals surface area contributed by atoms with Gasteiger partial charge in [0, 0.05) is 19.4 Å². The molecule has 85 heavy (non-hydrogen) atoms. The van der Waals surface area contributed by atoms with Crippen molar-refractivity contribution in [2.75, 3.05) is 26.4 Å². The van der Waals surface area contributed by atoms with Crippen LogP contribution < -0.4 is 5.73 Å². The van der Waals surface area contributed by atoms with E-state index < -0.39 is 26.5 Å². The lowest BCUT2D eigenvalue weighted by Crippen LogP contribution is -2.29. The first-order chi connectivity index (χ1) is 41.8. The van der Waals surface area contributed by atoms with Crippen LogP contribution >= 0.6 is 7.82 Å². The van der Waals surface area contributed by atoms with Crippen molar-refractivity contribution in [3.63, 3.8) is 0 Å². The summed E-state index contributed by atoms with van der Waals surface area (Å²) in [4.78, 5) is 35.4. The number of rotatable bonds is 68. The Balaban J connectivity index is 3.81. The molecule has 0 rings (SSSR count). The van der Waals surface area contributed by atoms with Crippen LogP contribution in [-0.2, 0) is 32.7 Å². The Morgan fingerprint density at radius 2 is 0.647 bits per heavy atom. The maximum absolute atomic E-state index is 12.8. The van der Waals surface area contributed by atoms with Crippen molar-refractivity contribution in [2.45, 2.75) is 354 Å². The Kier molecular flexibility index (Phi) is 68.0. The van der Waals surface area contributed by atoms with Crippen LogP contribution in [0.2, 0.25) is 0 Å². The van der Waals surface area contributed by atoms with E-state index in [0.29, 0.717) is 6.42 Å². The standard InChI is InChI=1S/C75H136NO8P/c1-3-5-7-9-11-13-15-17-19-21-23-25-27-29-30-31-32-33-34-35-36-37-38-39-40-41-42-44-46-48-50-52-54-56-58-60-62-64-66-68-75(78)84-73(72-83-85(79,80)82-70-69-76)71-81-74(77)67-65-63-61-59-57-55-53-51-49-47-45-43-28-26-24-22-20-18-16-14-12-10-8-6-4-2/h5,7,11,13,16-19,22-25,29-30,73H,3-4,6,8-10,12,14-15,20-21,26-28,31-72,76H2,1-2H3,(H,79,80)/b7-5-,13-11-,18-16-,19-17-,24-22-,25-23-,30-29-. The second-order valence-electron chi connectivity index (χ2n) is 24.1. The lowest BCUT2D eigenvalue weighted by atomic mass is 10.0. The molecule has 10 heteroatoms. The van der Waals surface area contributed by atoms with E-state index in [1.165, 1.54) is 244 Å². The first-order valence-electron chi connectivity index (χ1n) is 36.1. The van der Waals surface area contributed by atoms with Crippen LogP contribution in [-0.4, -0.2) is 49.3 Å². The number of allylic oxidation sites excluding steroid dienone is 14. The molecule has 0 heterocycles. The molecule has 0 amide bonds. The van der Waals surface area contributed by atoms with Gasteiger partial charge in [-0.05, 0) is 89.9 Å². The third kappa shape index (κ3) is 70.2. The average Bonchev–Trinajstić information content (AvgIpc) is 3.53. The summed E-state index contributed by atoms with van der Waals surface area (Å²) in [7, 11) is -4.39. The molecule has 0 aromatic heterocycles. The predicted octanol–water partition coefficient (Wildman–Crippen LogP) is 23.8. The fourth-order valence-corrected chi connectivity index (χ4v) is 11.2. The van der Waals surface area contributed by atoms with Gasteiger partial charge in [0.05, 0.1) is 13.2 Å². The monoisotopic (exact) mass is 1210 g/mol. The third-order valence-corrected chi connectivity index (χ3v) is 16.7. The van der Waals surface area contributed by atoms with E-state index in [4.69, 9.17) is 24.3 Å². The highest BCUT2D eigenvalue weighted by molar-refractivity contribution is 7.47. The molecule has 0 aliphatic rings. The second-order valence-corrected chi connectivity index (χ2v) is 25.5. The molecular weight excluding hydrogens is 1070 g/mol. The quantitative estimate of drug-likeness (QED) is 0.0264. The van der Waals surface area contributed by atoms with E-state index in [-0.39, 0.29) is 38.6 Å². The van der Waals surface area contributed by atoms with Crippen molar-refractivity contribution in [2.24, 2.45) is 5.73 Å². The zero-order valence-corrected chi connectivity index (χ0v) is 56.5. The molecule has 0 radical (unpaired) electrons. The summed E-state index contributed by atoms with van der Waals surface area (Å²) in [5.41, 5.74) is 5.40. The predicted molar refractivity (Wildman–Crippen MR) is 367 cm³/mol. The molecule has 3 N–H and O–H groups in total. The highest BCUT2D eigenvalue weighted by Crippen LogP contribution is 2.43. The topological polar surface area (TPSA) is 134 Å². The van der Waals surface area contributed by atoms with Crippen LogP contribution in [0.15, 0.2) is 85.1 Å². The van der Waals surface area contributed by atoms with Crippen LogP contribution in [0.25, 0.3) is 0 Å². The van der Waals surface area contributed by atoms with Gasteiger partial charge in [0.15, 0.2) is 6.10 Å². The van der Waals surface area contributed by atoms with Gasteiger partial charge in [0.25, 0.3) is 0 Å². The van der Waals surface area contributed by atoms with E-state index in [0.717, 1.165) is 70.6 Å². The van der Waals surface area contributed by atoms with Crippen LogP contribution in [0, 0.1) is 0 Å². The number of phosphoric acid groups is 1. The molecular formula is C75H136NO8P. The summed E-state index contributed by atoms with van der Waals surface area (Å²) in [5, 5.41) is 0. The minimum Gasteiger partial charge on any atom is -0.462 e. The number of carbonyl (C=O) groups is 2. The van der Waals surface area contributed by atoms with Gasteiger partial charge in [-0.3, -0.25) is 18.6 Å². The smallest absolute Gasteiger partial charge is 0.462 e. The second kappa shape index (κ2) is 70.3. The lowest BCUT2D eigenvalue weighted by Gasteiger charge is -2.19. The summed E-state index contributed by atoms with van der Waals surface area (Å²) in [6, 6.07) is 0. The summed E-state index contributed by atoms with van der Waals surface area (Å²) >= 11 is 0. The highest BCUT2D eigenvalue weighted by Gasteiger charge is 2.26. The van der Waals surface area contributed by atoms with Crippen LogP contribution in [0.4, 0.5) is 0 Å². The number of hydrogen-bond donors (Lipinski definition) is 2. The van der Waals surface area contributed by atoms with Crippen LogP contribution in [0.3, 0.4) is 0 Å². The molecule has 9 nitrogen and oxygen atoms in total. The van der Waals surface area contributed by atoms with E-state index >= 15 is 0 Å². The number of esters is 2. The summed E-state index contributed by atoms with van der Waals surface area (Å²) in [6.45, 7) is 3.67. The molecule has 0 bridgehead atoms. The molecule has 494 valence electrons. The maximum Gasteiger partial charge on any atom is 0.472 e. The van der Waals surface area contributed by atoms with Crippen molar-refractivity contribution in [1.29, 1.82) is 0 Å². The Morgan fingerprint density at radius 1 is 0.365 bits per heavy atom. The largest absolute Gasteiger partial charge is 0.472 e. The van der Waals surface area contributed by atoms with Gasteiger partial charge in [0.2, 0.25) is 0 Å². The van der Waals surface area contributed by atoms with Gasteiger partial charge in [-0.15, -0.1) is 0 Å². The SMILES string of the molecule is CC/C=C\C/C=C\C/C=C\C/C=C\C/C=C\CCCCCCCCCCCCCCCCCCCCCCCCCC(=O)OC(COC(=O)CCCCCCCCCCCCCCC/C=C\C/C=C\CCCCCCC)COP(=O)(O)OCCN. The molecule has 0 spiro atoms. The van der Waals surface area contributed by atoms with E-state index in [2.05, 4.69) is 98.9 Å². The van der Waals surface area contributed by atoms with E-state index in [1.54, 1.807) is 0 Å². The Labute approximate surface area is 525 Å². The van der Waals surface area contributed by atoms with Crippen molar-refractivity contribution in [3.8, 4) is 0 Å². The Hall–Kier alpha value is -2.81. The fraction of sp³-hybridized carbons (Fsp3) is 0.787. The van der Waals surface area contributed by atoms with Crippen molar-refractivity contribution < 1.29 is 37.6 Å². The molecule has 2 unspecified atom stereocenters. The molecule has 0 aliphatic carbocycles. The molecule has 0 aromatic carbocycles. The van der Waals surface area contributed by atoms with Gasteiger partial charge < -0.3 is 20.1 Å². The third-order valence-electron chi connectivity index (χ3n) is 15.8. The van der Waals surface area contributed by atoms with Crippen LogP contribution in [0.5, 0.6) is 0 Å². The van der Waals surface area contributed by atoms with Crippen molar-refractivity contribution in [3.05, 3.63) is 85.1 Å². The summed E-state index contributed by atoms with van der Waals surface area (Å²) in [5.74, 6) is -0.813. The van der Waals surface area contributed by atoms with Gasteiger partial charge in [-0.25, -0.2) is 4.57 Å². The lowest BCUT2D eigenvalue weighted by molar-refractivity contribution is -0.161. The molecule has 2 atom stereocenters. The first kappa shape index (κ1) is 82.2. The normalized spacial score (nSPS) is 13.4. The first-order valence-corrected chi connectivity index (χ1v) is 37.6. The van der Waals surface area contributed by atoms with Crippen molar-refractivity contribution in [1.82, 2.24) is 0 Å². The number of unbranched alkanes of at least 4 members (excludes halogenated alkanes) is 41. The molecule has 0 fully saturated rings. The van der Waals surface area contributed by atoms with Gasteiger partial charge in [-0.1, -0.05) is 330 Å². The van der Waals surface area contributed by atoms with Crippen LogP contribution in [0.1, 0.15) is 348 Å². The summed E-state index contributed by atoms with van der Waals surface area (Å²) < 4.78 is 33.2.